The van der Waals surface area contributed by atoms with Crippen LogP contribution in [0.3, 0.4) is 0 Å². The van der Waals surface area contributed by atoms with Crippen molar-refractivity contribution >= 4 is 5.97 Å². The van der Waals surface area contributed by atoms with E-state index in [0.717, 1.165) is 0 Å². The fraction of sp³-hybridized carbons (Fsp3) is 0.625. The third kappa shape index (κ3) is 3.28. The van der Waals surface area contributed by atoms with Crippen molar-refractivity contribution in [3.8, 4) is 0 Å². The maximum atomic E-state index is 10.8. The smallest absolute Gasteiger partial charge is 0.308 e. The van der Waals surface area contributed by atoms with Gasteiger partial charge in [-0.25, -0.2) is 0 Å². The minimum Gasteiger partial charge on any atom is -0.458 e. The highest BCUT2D eigenvalue weighted by Crippen LogP contribution is 2.00. The number of carbonyl (C=O) groups excluding carboxylic acids is 1. The Bertz CT molecular complexity index is 127. The first-order chi connectivity index (χ1) is 4.57. The molecular formula is C8H14O2. The van der Waals surface area contributed by atoms with Crippen molar-refractivity contribution in [2.45, 2.75) is 26.9 Å². The Balaban J connectivity index is 3.68. The predicted octanol–water partition coefficient (Wildman–Crippen LogP) is 1.76. The van der Waals surface area contributed by atoms with Crippen LogP contribution in [0.5, 0.6) is 0 Å². The zero-order valence-electron chi connectivity index (χ0n) is 6.76. The highest BCUT2D eigenvalue weighted by molar-refractivity contribution is 5.71. The largest absolute Gasteiger partial charge is 0.458 e. The first-order valence-electron chi connectivity index (χ1n) is 3.41. The number of ether oxygens (including phenoxy) is 1. The van der Waals surface area contributed by atoms with Gasteiger partial charge in [-0.3, -0.25) is 4.79 Å². The normalized spacial score (nSPS) is 12.8. The molecule has 10 heavy (non-hydrogen) atoms. The highest BCUT2D eigenvalue weighted by atomic mass is 16.5. The van der Waals surface area contributed by atoms with E-state index >= 15 is 0 Å². The molecule has 0 aromatic heterocycles. The molecule has 0 aliphatic rings. The molecule has 1 atom stereocenters. The van der Waals surface area contributed by atoms with Crippen LogP contribution in [0.15, 0.2) is 12.7 Å². The lowest BCUT2D eigenvalue weighted by Gasteiger charge is -2.09. The zero-order valence-corrected chi connectivity index (χ0v) is 6.76. The number of rotatable bonds is 3. The highest BCUT2D eigenvalue weighted by Gasteiger charge is 2.09. The summed E-state index contributed by atoms with van der Waals surface area (Å²) >= 11 is 0. The quantitative estimate of drug-likeness (QED) is 0.443. The van der Waals surface area contributed by atoms with E-state index in [1.54, 1.807) is 26.8 Å². The fourth-order valence-electron chi connectivity index (χ4n) is 0.367. The Morgan fingerprint density at radius 2 is 2.00 bits per heavy atom. The van der Waals surface area contributed by atoms with Gasteiger partial charge in [0.1, 0.15) is 6.10 Å². The molecule has 1 unspecified atom stereocenters. The van der Waals surface area contributed by atoms with Crippen molar-refractivity contribution < 1.29 is 9.53 Å². The van der Waals surface area contributed by atoms with E-state index in [2.05, 4.69) is 6.58 Å². The lowest BCUT2D eigenvalue weighted by molar-refractivity contribution is -0.149. The molecule has 0 rings (SSSR count). The Labute approximate surface area is 61.9 Å². The van der Waals surface area contributed by atoms with Crippen molar-refractivity contribution in [1.29, 1.82) is 0 Å². The molecule has 0 radical (unpaired) electrons. The van der Waals surface area contributed by atoms with Crippen molar-refractivity contribution in [2.75, 3.05) is 0 Å². The van der Waals surface area contributed by atoms with Crippen molar-refractivity contribution in [3.63, 3.8) is 0 Å². The molecule has 0 aliphatic heterocycles. The summed E-state index contributed by atoms with van der Waals surface area (Å²) in [4.78, 5) is 10.8. The lowest BCUT2D eigenvalue weighted by atomic mass is 10.2. The van der Waals surface area contributed by atoms with Crippen LogP contribution in [0, 0.1) is 5.92 Å². The van der Waals surface area contributed by atoms with Gasteiger partial charge in [0, 0.05) is 0 Å². The van der Waals surface area contributed by atoms with Gasteiger partial charge < -0.3 is 4.74 Å². The van der Waals surface area contributed by atoms with Crippen molar-refractivity contribution in [2.24, 2.45) is 5.92 Å². The molecule has 0 heterocycles. The fourth-order valence-corrected chi connectivity index (χ4v) is 0.367. The second-order valence-electron chi connectivity index (χ2n) is 2.53. The average molecular weight is 142 g/mol. The van der Waals surface area contributed by atoms with Crippen LogP contribution < -0.4 is 0 Å². The molecule has 0 aromatic carbocycles. The first kappa shape index (κ1) is 9.21. The van der Waals surface area contributed by atoms with Gasteiger partial charge in [-0.1, -0.05) is 26.5 Å². The van der Waals surface area contributed by atoms with E-state index in [4.69, 9.17) is 4.74 Å². The van der Waals surface area contributed by atoms with E-state index in [9.17, 15) is 4.79 Å². The summed E-state index contributed by atoms with van der Waals surface area (Å²) in [5, 5.41) is 0. The van der Waals surface area contributed by atoms with Gasteiger partial charge in [-0.2, -0.15) is 0 Å². The molecule has 2 heteroatoms. The van der Waals surface area contributed by atoms with E-state index in [1.807, 2.05) is 0 Å². The third-order valence-corrected chi connectivity index (χ3v) is 1.11. The minimum atomic E-state index is -0.174. The topological polar surface area (TPSA) is 26.3 Å². The molecule has 0 N–H and O–H groups in total. The van der Waals surface area contributed by atoms with Crippen LogP contribution in [0.25, 0.3) is 0 Å². The van der Waals surface area contributed by atoms with Crippen LogP contribution in [0.1, 0.15) is 20.8 Å². The van der Waals surface area contributed by atoms with Gasteiger partial charge in [-0.05, 0) is 6.92 Å². The second kappa shape index (κ2) is 4.09. The maximum absolute atomic E-state index is 10.8. The number of hydrogen-bond acceptors (Lipinski definition) is 2. The Morgan fingerprint density at radius 1 is 1.50 bits per heavy atom. The maximum Gasteiger partial charge on any atom is 0.308 e. The van der Waals surface area contributed by atoms with Crippen molar-refractivity contribution in [3.05, 3.63) is 12.7 Å². The second-order valence-corrected chi connectivity index (χ2v) is 2.53. The average Bonchev–Trinajstić information content (AvgIpc) is 1.87. The standard InChI is InChI=1S/C8H14O2/c1-5-7(4)10-8(9)6(2)3/h5-7H,1H2,2-4H3. The molecule has 0 bridgehead atoms. The number of hydrogen-bond donors (Lipinski definition) is 0. The van der Waals surface area contributed by atoms with Crippen molar-refractivity contribution in [1.82, 2.24) is 0 Å². The molecule has 0 saturated carbocycles. The van der Waals surface area contributed by atoms with Gasteiger partial charge in [-0.15, -0.1) is 0 Å². The number of carbonyl (C=O) groups is 1. The SMILES string of the molecule is C=CC(C)OC(=O)C(C)C. The molecule has 0 spiro atoms. The molecule has 0 saturated heterocycles. The van der Waals surface area contributed by atoms with Gasteiger partial charge in [0.25, 0.3) is 0 Å². The first-order valence-corrected chi connectivity index (χ1v) is 3.41. The van der Waals surface area contributed by atoms with Gasteiger partial charge >= 0.3 is 5.97 Å². The minimum absolute atomic E-state index is 0.0533. The van der Waals surface area contributed by atoms with Crippen LogP contribution in [0.2, 0.25) is 0 Å². The summed E-state index contributed by atoms with van der Waals surface area (Å²) in [6, 6.07) is 0. The van der Waals surface area contributed by atoms with Gasteiger partial charge in [0.2, 0.25) is 0 Å². The Hall–Kier alpha value is -0.790. The van der Waals surface area contributed by atoms with Gasteiger partial charge in [0.15, 0.2) is 0 Å². The molecule has 0 fully saturated rings. The van der Waals surface area contributed by atoms with E-state index in [1.165, 1.54) is 0 Å². The lowest BCUT2D eigenvalue weighted by Crippen LogP contribution is -2.17. The molecule has 0 amide bonds. The molecular weight excluding hydrogens is 128 g/mol. The molecule has 58 valence electrons. The van der Waals surface area contributed by atoms with Gasteiger partial charge in [0.05, 0.1) is 5.92 Å². The Morgan fingerprint density at radius 3 is 2.30 bits per heavy atom. The number of esters is 1. The molecule has 2 nitrogen and oxygen atoms in total. The summed E-state index contributed by atoms with van der Waals surface area (Å²) in [6.45, 7) is 8.89. The van der Waals surface area contributed by atoms with Crippen LogP contribution in [-0.2, 0) is 9.53 Å². The monoisotopic (exact) mass is 142 g/mol. The summed E-state index contributed by atoms with van der Waals surface area (Å²) in [5.74, 6) is -0.227. The summed E-state index contributed by atoms with van der Waals surface area (Å²) in [5.41, 5.74) is 0. The third-order valence-electron chi connectivity index (χ3n) is 1.11. The van der Waals surface area contributed by atoms with Crippen LogP contribution >= 0.6 is 0 Å². The Kier molecular flexibility index (Phi) is 3.77. The van der Waals surface area contributed by atoms with E-state index < -0.39 is 0 Å². The molecule has 0 aromatic rings. The van der Waals surface area contributed by atoms with Crippen LogP contribution in [-0.4, -0.2) is 12.1 Å². The summed E-state index contributed by atoms with van der Waals surface area (Å²) in [7, 11) is 0. The van der Waals surface area contributed by atoms with E-state index in [0.29, 0.717) is 0 Å². The summed E-state index contributed by atoms with van der Waals surface area (Å²) < 4.78 is 4.90. The van der Waals surface area contributed by atoms with Crippen LogP contribution in [0.4, 0.5) is 0 Å². The molecule has 0 aliphatic carbocycles. The summed E-state index contributed by atoms with van der Waals surface area (Å²) in [6.07, 6.45) is 1.43. The van der Waals surface area contributed by atoms with E-state index in [-0.39, 0.29) is 18.0 Å². The predicted molar refractivity (Wildman–Crippen MR) is 40.6 cm³/mol. The zero-order chi connectivity index (χ0) is 8.15.